The van der Waals surface area contributed by atoms with Gasteiger partial charge in [-0.1, -0.05) is 5.21 Å². The monoisotopic (exact) mass is 394 g/mol. The summed E-state index contributed by atoms with van der Waals surface area (Å²) in [6, 6.07) is 13.7. The first-order chi connectivity index (χ1) is 14.0. The summed E-state index contributed by atoms with van der Waals surface area (Å²) in [5.41, 5.74) is 3.31. The van der Waals surface area contributed by atoms with Gasteiger partial charge in [0.15, 0.2) is 5.69 Å². The van der Waals surface area contributed by atoms with E-state index in [2.05, 4.69) is 32.5 Å². The molecule has 0 spiro atoms. The third-order valence-electron chi connectivity index (χ3n) is 5.17. The molecule has 1 amide bonds. The molecule has 29 heavy (non-hydrogen) atoms. The van der Waals surface area contributed by atoms with E-state index in [-0.39, 0.29) is 17.4 Å². The van der Waals surface area contributed by atoms with Gasteiger partial charge in [-0.2, -0.15) is 0 Å². The minimum Gasteiger partial charge on any atom is -0.369 e. The number of rotatable bonds is 4. The van der Waals surface area contributed by atoms with Crippen LogP contribution in [0.3, 0.4) is 0 Å². The maximum absolute atomic E-state index is 13.1. The predicted octanol–water partition coefficient (Wildman–Crippen LogP) is 2.72. The highest BCUT2D eigenvalue weighted by atomic mass is 19.1. The Labute approximate surface area is 168 Å². The SMILES string of the molecule is Cc1c(C(=O)Nc2ccc(N3CCN(C)CC3)cc2)nnn1-c1ccc(F)cc1. The number of hydrogen-bond acceptors (Lipinski definition) is 5. The number of aromatic nitrogens is 3. The van der Waals surface area contributed by atoms with Crippen molar-refractivity contribution in [2.24, 2.45) is 0 Å². The minimum absolute atomic E-state index is 0.234. The first-order valence-corrected chi connectivity index (χ1v) is 9.54. The fourth-order valence-electron chi connectivity index (χ4n) is 3.38. The molecule has 7 nitrogen and oxygen atoms in total. The number of nitrogens with one attached hydrogen (secondary N) is 1. The molecule has 8 heteroatoms. The summed E-state index contributed by atoms with van der Waals surface area (Å²) in [5, 5.41) is 10.9. The fraction of sp³-hybridized carbons (Fsp3) is 0.286. The van der Waals surface area contributed by atoms with Crippen LogP contribution in [0.4, 0.5) is 15.8 Å². The van der Waals surface area contributed by atoms with Crippen LogP contribution in [-0.4, -0.2) is 59.0 Å². The smallest absolute Gasteiger partial charge is 0.278 e. The van der Waals surface area contributed by atoms with E-state index in [1.807, 2.05) is 24.3 Å². The molecule has 1 aromatic heterocycles. The molecule has 1 saturated heterocycles. The van der Waals surface area contributed by atoms with Crippen molar-refractivity contribution in [2.75, 3.05) is 43.4 Å². The molecule has 0 unspecified atom stereocenters. The number of benzene rings is 2. The largest absolute Gasteiger partial charge is 0.369 e. The fourth-order valence-corrected chi connectivity index (χ4v) is 3.38. The molecular formula is C21H23FN6O. The van der Waals surface area contributed by atoms with Crippen molar-refractivity contribution in [3.63, 3.8) is 0 Å². The Balaban J connectivity index is 1.45. The quantitative estimate of drug-likeness (QED) is 0.737. The van der Waals surface area contributed by atoms with E-state index in [4.69, 9.17) is 0 Å². The van der Waals surface area contributed by atoms with Crippen LogP contribution in [0.5, 0.6) is 0 Å². The van der Waals surface area contributed by atoms with Gasteiger partial charge in [-0.05, 0) is 62.5 Å². The molecule has 1 fully saturated rings. The van der Waals surface area contributed by atoms with E-state index in [0.717, 1.165) is 31.9 Å². The zero-order valence-electron chi connectivity index (χ0n) is 16.5. The molecule has 2 heterocycles. The van der Waals surface area contributed by atoms with Gasteiger partial charge in [0.25, 0.3) is 5.91 Å². The van der Waals surface area contributed by atoms with Gasteiger partial charge in [0.1, 0.15) is 5.82 Å². The Morgan fingerprint density at radius 2 is 1.59 bits per heavy atom. The normalized spacial score (nSPS) is 14.8. The Hall–Kier alpha value is -3.26. The number of halogens is 1. The maximum Gasteiger partial charge on any atom is 0.278 e. The Bertz CT molecular complexity index is 991. The van der Waals surface area contributed by atoms with Crippen LogP contribution in [0.2, 0.25) is 0 Å². The molecule has 1 aliphatic heterocycles. The number of carbonyl (C=O) groups is 1. The van der Waals surface area contributed by atoms with E-state index in [9.17, 15) is 9.18 Å². The van der Waals surface area contributed by atoms with Crippen LogP contribution in [0.25, 0.3) is 5.69 Å². The second kappa shape index (κ2) is 8.00. The van der Waals surface area contributed by atoms with Gasteiger partial charge in [-0.25, -0.2) is 9.07 Å². The lowest BCUT2D eigenvalue weighted by Gasteiger charge is -2.34. The summed E-state index contributed by atoms with van der Waals surface area (Å²) >= 11 is 0. The number of anilines is 2. The van der Waals surface area contributed by atoms with Crippen molar-refractivity contribution in [1.29, 1.82) is 0 Å². The van der Waals surface area contributed by atoms with E-state index in [0.29, 0.717) is 17.1 Å². The van der Waals surface area contributed by atoms with Crippen molar-refractivity contribution in [1.82, 2.24) is 19.9 Å². The van der Waals surface area contributed by atoms with E-state index < -0.39 is 0 Å². The number of carbonyl (C=O) groups excluding carboxylic acids is 1. The summed E-state index contributed by atoms with van der Waals surface area (Å²) in [6.45, 7) is 5.83. The molecule has 1 aliphatic rings. The van der Waals surface area contributed by atoms with Gasteiger partial charge in [0.2, 0.25) is 0 Å². The Morgan fingerprint density at radius 3 is 2.24 bits per heavy atom. The van der Waals surface area contributed by atoms with E-state index in [1.165, 1.54) is 16.8 Å². The van der Waals surface area contributed by atoms with Crippen molar-refractivity contribution in [3.05, 3.63) is 65.7 Å². The number of amides is 1. The summed E-state index contributed by atoms with van der Waals surface area (Å²) in [4.78, 5) is 17.3. The number of piperazine rings is 1. The highest BCUT2D eigenvalue weighted by Crippen LogP contribution is 2.20. The lowest BCUT2D eigenvalue weighted by Crippen LogP contribution is -2.44. The Kier molecular flexibility index (Phi) is 5.26. The zero-order valence-corrected chi connectivity index (χ0v) is 16.5. The van der Waals surface area contributed by atoms with Gasteiger partial charge >= 0.3 is 0 Å². The number of likely N-dealkylation sites (N-methyl/N-ethyl adjacent to an activating group) is 1. The minimum atomic E-state index is -0.330. The average Bonchev–Trinajstić information content (AvgIpc) is 3.11. The summed E-state index contributed by atoms with van der Waals surface area (Å²) in [7, 11) is 2.13. The third-order valence-corrected chi connectivity index (χ3v) is 5.17. The van der Waals surface area contributed by atoms with Gasteiger partial charge < -0.3 is 15.1 Å². The maximum atomic E-state index is 13.1. The van der Waals surface area contributed by atoms with Crippen molar-refractivity contribution < 1.29 is 9.18 Å². The van der Waals surface area contributed by atoms with Gasteiger partial charge in [-0.3, -0.25) is 4.79 Å². The van der Waals surface area contributed by atoms with Gasteiger partial charge in [0, 0.05) is 37.6 Å². The first-order valence-electron chi connectivity index (χ1n) is 9.54. The molecule has 0 atom stereocenters. The molecule has 0 saturated carbocycles. The van der Waals surface area contributed by atoms with Crippen LogP contribution in [0.1, 0.15) is 16.2 Å². The van der Waals surface area contributed by atoms with Crippen LogP contribution in [0.15, 0.2) is 48.5 Å². The molecule has 4 rings (SSSR count). The van der Waals surface area contributed by atoms with Crippen LogP contribution >= 0.6 is 0 Å². The number of nitrogens with zero attached hydrogens (tertiary/aromatic N) is 5. The average molecular weight is 394 g/mol. The highest BCUT2D eigenvalue weighted by Gasteiger charge is 2.18. The summed E-state index contributed by atoms with van der Waals surface area (Å²) < 4.78 is 14.6. The molecule has 0 bridgehead atoms. The molecule has 150 valence electrons. The van der Waals surface area contributed by atoms with Crippen molar-refractivity contribution in [3.8, 4) is 5.69 Å². The molecule has 3 aromatic rings. The van der Waals surface area contributed by atoms with Gasteiger partial charge in [0.05, 0.1) is 11.4 Å². The lowest BCUT2D eigenvalue weighted by molar-refractivity contribution is 0.102. The van der Waals surface area contributed by atoms with Crippen LogP contribution in [-0.2, 0) is 0 Å². The van der Waals surface area contributed by atoms with E-state index >= 15 is 0 Å². The lowest BCUT2D eigenvalue weighted by atomic mass is 10.2. The van der Waals surface area contributed by atoms with Crippen LogP contribution < -0.4 is 10.2 Å². The summed E-state index contributed by atoms with van der Waals surface area (Å²) in [6.07, 6.45) is 0. The van der Waals surface area contributed by atoms with Crippen molar-refractivity contribution in [2.45, 2.75) is 6.92 Å². The predicted molar refractivity (Wildman–Crippen MR) is 110 cm³/mol. The first kappa shape index (κ1) is 19.1. The van der Waals surface area contributed by atoms with Gasteiger partial charge in [-0.15, -0.1) is 5.10 Å². The van der Waals surface area contributed by atoms with E-state index in [1.54, 1.807) is 19.1 Å². The second-order valence-electron chi connectivity index (χ2n) is 7.20. The standard InChI is InChI=1S/C21H23FN6O/c1-15-20(24-25-28(15)19-7-3-16(22)4-8-19)21(29)23-17-5-9-18(10-6-17)27-13-11-26(2)12-14-27/h3-10H,11-14H2,1-2H3,(H,23,29). The Morgan fingerprint density at radius 1 is 0.966 bits per heavy atom. The molecule has 1 N–H and O–H groups in total. The highest BCUT2D eigenvalue weighted by molar-refractivity contribution is 6.03. The topological polar surface area (TPSA) is 66.3 Å². The third kappa shape index (κ3) is 4.12. The molecule has 0 radical (unpaired) electrons. The second-order valence-corrected chi connectivity index (χ2v) is 7.20. The molecule has 2 aromatic carbocycles. The molecular weight excluding hydrogens is 371 g/mol. The van der Waals surface area contributed by atoms with Crippen LogP contribution in [0, 0.1) is 12.7 Å². The zero-order chi connectivity index (χ0) is 20.4. The number of hydrogen-bond donors (Lipinski definition) is 1. The summed E-state index contributed by atoms with van der Waals surface area (Å²) in [5.74, 6) is -0.660. The molecule has 0 aliphatic carbocycles. The van der Waals surface area contributed by atoms with Crippen molar-refractivity contribution >= 4 is 17.3 Å².